The highest BCUT2D eigenvalue weighted by Crippen LogP contribution is 2.47. The van der Waals surface area contributed by atoms with Crippen molar-refractivity contribution in [3.63, 3.8) is 0 Å². The Kier molecular flexibility index (Phi) is 6.78. The molecule has 0 spiro atoms. The Balaban J connectivity index is 1.90. The molecule has 1 aromatic carbocycles. The lowest BCUT2D eigenvalue weighted by Crippen LogP contribution is -2.36. The second-order valence-corrected chi connectivity index (χ2v) is 8.44. The SMILES string of the molecule is COc1c(Cl)cc(/C(O)=C2\C(=O)C(=O)N(CC3CCCO3)C2c2ccncc2)c(OC)c1Cl. The molecule has 33 heavy (non-hydrogen) atoms. The zero-order chi connectivity index (χ0) is 23.7. The first kappa shape index (κ1) is 23.4. The van der Waals surface area contributed by atoms with Crippen LogP contribution in [0.25, 0.3) is 5.76 Å². The number of aliphatic hydroxyl groups is 1. The minimum absolute atomic E-state index is 0.0306. The van der Waals surface area contributed by atoms with Crippen molar-refractivity contribution in [1.29, 1.82) is 0 Å². The molecule has 2 fully saturated rings. The van der Waals surface area contributed by atoms with Gasteiger partial charge in [-0.15, -0.1) is 0 Å². The van der Waals surface area contributed by atoms with Gasteiger partial charge in [0.1, 0.15) is 10.8 Å². The number of halogens is 2. The largest absolute Gasteiger partial charge is 0.507 e. The van der Waals surface area contributed by atoms with E-state index in [1.807, 2.05) is 0 Å². The molecule has 1 amide bonds. The third-order valence-corrected chi connectivity index (χ3v) is 6.40. The van der Waals surface area contributed by atoms with Crippen molar-refractivity contribution in [3.05, 3.63) is 57.3 Å². The first-order chi connectivity index (χ1) is 15.9. The van der Waals surface area contributed by atoms with Gasteiger partial charge in [0.2, 0.25) is 0 Å². The lowest BCUT2D eigenvalue weighted by atomic mass is 9.95. The molecule has 8 nitrogen and oxygen atoms in total. The molecule has 0 radical (unpaired) electrons. The number of rotatable bonds is 6. The number of amides is 1. The molecule has 2 aromatic rings. The van der Waals surface area contributed by atoms with Gasteiger partial charge in [-0.2, -0.15) is 0 Å². The van der Waals surface area contributed by atoms with E-state index in [-0.39, 0.29) is 45.3 Å². The molecule has 2 aliphatic heterocycles. The Morgan fingerprint density at radius 3 is 2.52 bits per heavy atom. The number of aliphatic hydroxyl groups excluding tert-OH is 1. The number of aromatic nitrogens is 1. The van der Waals surface area contributed by atoms with E-state index in [1.165, 1.54) is 25.2 Å². The summed E-state index contributed by atoms with van der Waals surface area (Å²) in [5, 5.41) is 11.5. The van der Waals surface area contributed by atoms with Crippen molar-refractivity contribution < 1.29 is 28.9 Å². The summed E-state index contributed by atoms with van der Waals surface area (Å²) in [4.78, 5) is 31.7. The summed E-state index contributed by atoms with van der Waals surface area (Å²) in [6.45, 7) is 0.824. The van der Waals surface area contributed by atoms with Gasteiger partial charge in [-0.3, -0.25) is 14.6 Å². The number of pyridine rings is 1. The zero-order valence-electron chi connectivity index (χ0n) is 18.0. The van der Waals surface area contributed by atoms with E-state index in [0.717, 1.165) is 12.8 Å². The lowest BCUT2D eigenvalue weighted by molar-refractivity contribution is -0.140. The van der Waals surface area contributed by atoms with Crippen LogP contribution in [0.2, 0.25) is 10.0 Å². The van der Waals surface area contributed by atoms with Gasteiger partial charge in [0.15, 0.2) is 11.5 Å². The van der Waals surface area contributed by atoms with Crippen LogP contribution in [0.5, 0.6) is 11.5 Å². The van der Waals surface area contributed by atoms with Crippen LogP contribution in [0, 0.1) is 0 Å². The molecule has 1 N–H and O–H groups in total. The summed E-state index contributed by atoms with van der Waals surface area (Å²) < 4.78 is 16.3. The van der Waals surface area contributed by atoms with Crippen LogP contribution in [0.3, 0.4) is 0 Å². The van der Waals surface area contributed by atoms with Crippen LogP contribution in [-0.2, 0) is 14.3 Å². The van der Waals surface area contributed by atoms with E-state index >= 15 is 0 Å². The fourth-order valence-corrected chi connectivity index (χ4v) is 4.95. The first-order valence-corrected chi connectivity index (χ1v) is 11.0. The van der Waals surface area contributed by atoms with E-state index in [9.17, 15) is 14.7 Å². The van der Waals surface area contributed by atoms with Gasteiger partial charge < -0.3 is 24.2 Å². The first-order valence-electron chi connectivity index (χ1n) is 10.3. The van der Waals surface area contributed by atoms with Crippen LogP contribution >= 0.6 is 23.2 Å². The Hall–Kier alpha value is -2.81. The summed E-state index contributed by atoms with van der Waals surface area (Å²) in [7, 11) is 2.76. The van der Waals surface area contributed by atoms with Crippen LogP contribution < -0.4 is 9.47 Å². The van der Waals surface area contributed by atoms with E-state index in [0.29, 0.717) is 12.2 Å². The Morgan fingerprint density at radius 1 is 1.21 bits per heavy atom. The van der Waals surface area contributed by atoms with Crippen LogP contribution in [0.4, 0.5) is 0 Å². The Bertz CT molecular complexity index is 1120. The van der Waals surface area contributed by atoms with E-state index < -0.39 is 23.5 Å². The number of methoxy groups -OCH3 is 2. The fourth-order valence-electron chi connectivity index (χ4n) is 4.26. The smallest absolute Gasteiger partial charge is 0.295 e. The number of carbonyl (C=O) groups excluding carboxylic acids is 2. The molecule has 1 aromatic heterocycles. The lowest BCUT2D eigenvalue weighted by Gasteiger charge is -2.27. The predicted molar refractivity (Wildman–Crippen MR) is 122 cm³/mol. The van der Waals surface area contributed by atoms with Gasteiger partial charge in [-0.25, -0.2) is 0 Å². The van der Waals surface area contributed by atoms with Crippen molar-refractivity contribution in [2.75, 3.05) is 27.4 Å². The van der Waals surface area contributed by atoms with Crippen molar-refractivity contribution in [2.45, 2.75) is 25.0 Å². The molecule has 10 heteroatoms. The average Bonchev–Trinajstić information content (AvgIpc) is 3.41. The molecule has 3 heterocycles. The third-order valence-electron chi connectivity index (χ3n) is 5.78. The van der Waals surface area contributed by atoms with Gasteiger partial charge in [0, 0.05) is 25.5 Å². The van der Waals surface area contributed by atoms with Crippen molar-refractivity contribution >= 4 is 40.7 Å². The number of ketones is 1. The summed E-state index contributed by atoms with van der Waals surface area (Å²) in [5.41, 5.74) is 0.593. The standard InChI is InChI=1S/C23H22Cl2N2O6/c1-31-21-14(10-15(24)22(32-2)17(21)25)19(28)16-18(12-5-7-26-8-6-12)27(23(30)20(16)29)11-13-4-3-9-33-13/h5-8,10,13,18,28H,3-4,9,11H2,1-2H3/b19-16+. The molecule has 2 atom stereocenters. The number of hydrogen-bond donors (Lipinski definition) is 1. The summed E-state index contributed by atoms with van der Waals surface area (Å²) in [6.07, 6.45) is 4.59. The molecule has 0 saturated carbocycles. The van der Waals surface area contributed by atoms with Gasteiger partial charge in [0.25, 0.3) is 11.7 Å². The number of nitrogens with zero attached hydrogens (tertiary/aromatic N) is 2. The highest BCUT2D eigenvalue weighted by molar-refractivity contribution is 6.47. The molecule has 0 aliphatic carbocycles. The van der Waals surface area contributed by atoms with Gasteiger partial charge >= 0.3 is 0 Å². The number of hydrogen-bond acceptors (Lipinski definition) is 7. The topological polar surface area (TPSA) is 98.2 Å². The average molecular weight is 493 g/mol. The second kappa shape index (κ2) is 9.59. The minimum Gasteiger partial charge on any atom is -0.507 e. The van der Waals surface area contributed by atoms with Gasteiger partial charge in [0.05, 0.1) is 42.5 Å². The molecule has 2 aliphatic rings. The maximum atomic E-state index is 13.2. The highest BCUT2D eigenvalue weighted by atomic mass is 35.5. The maximum absolute atomic E-state index is 13.2. The molecular weight excluding hydrogens is 471 g/mol. The second-order valence-electron chi connectivity index (χ2n) is 7.65. The number of ether oxygens (including phenoxy) is 3. The Morgan fingerprint density at radius 2 is 1.91 bits per heavy atom. The molecule has 0 bridgehead atoms. The quantitative estimate of drug-likeness (QED) is 0.369. The normalized spacial score (nSPS) is 22.1. The number of Topliss-reactive ketones (excluding diaryl/α,β-unsaturated/α-hetero) is 1. The minimum atomic E-state index is -0.846. The number of benzene rings is 1. The molecule has 2 saturated heterocycles. The monoisotopic (exact) mass is 492 g/mol. The predicted octanol–water partition coefficient (Wildman–Crippen LogP) is 4.01. The highest BCUT2D eigenvalue weighted by Gasteiger charge is 2.47. The summed E-state index contributed by atoms with van der Waals surface area (Å²) in [5.74, 6) is -1.77. The molecule has 4 rings (SSSR count). The molecule has 2 unspecified atom stereocenters. The Labute approximate surface area is 200 Å². The fraction of sp³-hybridized carbons (Fsp3) is 0.348. The van der Waals surface area contributed by atoms with Gasteiger partial charge in [-0.1, -0.05) is 23.2 Å². The maximum Gasteiger partial charge on any atom is 0.295 e. The zero-order valence-corrected chi connectivity index (χ0v) is 19.5. The van der Waals surface area contributed by atoms with Crippen molar-refractivity contribution in [3.8, 4) is 11.5 Å². The van der Waals surface area contributed by atoms with Crippen LogP contribution in [-0.4, -0.2) is 60.2 Å². The van der Waals surface area contributed by atoms with Gasteiger partial charge in [-0.05, 0) is 36.6 Å². The summed E-state index contributed by atoms with van der Waals surface area (Å²) in [6, 6.07) is 3.92. The number of likely N-dealkylation sites (tertiary alicyclic amines) is 1. The van der Waals surface area contributed by atoms with E-state index in [4.69, 9.17) is 37.4 Å². The molecule has 174 valence electrons. The molecular formula is C23H22Cl2N2O6. The third kappa shape index (κ3) is 4.14. The van der Waals surface area contributed by atoms with Crippen LogP contribution in [0.1, 0.15) is 30.0 Å². The van der Waals surface area contributed by atoms with Crippen LogP contribution in [0.15, 0.2) is 36.2 Å². The van der Waals surface area contributed by atoms with Crippen molar-refractivity contribution in [2.24, 2.45) is 0 Å². The van der Waals surface area contributed by atoms with Crippen molar-refractivity contribution in [1.82, 2.24) is 9.88 Å². The number of carbonyl (C=O) groups is 2. The van der Waals surface area contributed by atoms with E-state index in [1.54, 1.807) is 24.5 Å². The summed E-state index contributed by atoms with van der Waals surface area (Å²) >= 11 is 12.7. The van der Waals surface area contributed by atoms with E-state index in [2.05, 4.69) is 4.98 Å².